The maximum Gasteiger partial charge on any atom is 0.258 e. The van der Waals surface area contributed by atoms with Crippen LogP contribution in [0.3, 0.4) is 0 Å². The number of hydrogen-bond acceptors (Lipinski definition) is 4. The first kappa shape index (κ1) is 12.7. The van der Waals surface area contributed by atoms with Crippen LogP contribution in [0.15, 0.2) is 47.6 Å². The molecule has 0 aliphatic heterocycles. The van der Waals surface area contributed by atoms with Crippen molar-refractivity contribution in [1.29, 1.82) is 0 Å². The molecule has 1 N–H and O–H groups in total. The van der Waals surface area contributed by atoms with Gasteiger partial charge in [0, 0.05) is 35.8 Å². The topological polar surface area (TPSA) is 59.8 Å². The van der Waals surface area contributed by atoms with Crippen LogP contribution in [0.5, 0.6) is 0 Å². The number of thiol groups is 1. The predicted octanol–water partition coefficient (Wildman–Crippen LogP) is 2.51. The standard InChI is InChI=1S/C14H12N4OS/c1-18-8-6-11(17-18)16-14(19)10-5-4-9-3-2-7-15-12(9)13(10)20/h2-8,20H,1H3,(H,16,17,19). The minimum absolute atomic E-state index is 0.249. The van der Waals surface area contributed by atoms with Gasteiger partial charge in [0.15, 0.2) is 5.82 Å². The Bertz CT molecular complexity index is 797. The summed E-state index contributed by atoms with van der Waals surface area (Å²) in [7, 11) is 1.79. The summed E-state index contributed by atoms with van der Waals surface area (Å²) in [5.41, 5.74) is 1.19. The predicted molar refractivity (Wildman–Crippen MR) is 80.2 cm³/mol. The number of anilines is 1. The number of benzene rings is 1. The first-order valence-corrected chi connectivity index (χ1v) is 6.47. The van der Waals surface area contributed by atoms with Crippen molar-refractivity contribution in [3.05, 3.63) is 48.3 Å². The van der Waals surface area contributed by atoms with E-state index in [-0.39, 0.29) is 5.91 Å². The van der Waals surface area contributed by atoms with Crippen LogP contribution in [-0.2, 0) is 7.05 Å². The lowest BCUT2D eigenvalue weighted by atomic mass is 10.1. The quantitative estimate of drug-likeness (QED) is 0.711. The highest BCUT2D eigenvalue weighted by molar-refractivity contribution is 7.80. The Labute approximate surface area is 121 Å². The Morgan fingerprint density at radius 3 is 2.90 bits per heavy atom. The number of carbonyl (C=O) groups is 1. The summed E-state index contributed by atoms with van der Waals surface area (Å²) >= 11 is 4.43. The van der Waals surface area contributed by atoms with Crippen molar-refractivity contribution in [3.63, 3.8) is 0 Å². The van der Waals surface area contributed by atoms with Crippen molar-refractivity contribution in [3.8, 4) is 0 Å². The van der Waals surface area contributed by atoms with E-state index in [2.05, 4.69) is 28.0 Å². The van der Waals surface area contributed by atoms with Crippen molar-refractivity contribution in [2.75, 3.05) is 5.32 Å². The fraction of sp³-hybridized carbons (Fsp3) is 0.0714. The zero-order chi connectivity index (χ0) is 14.1. The zero-order valence-corrected chi connectivity index (χ0v) is 11.6. The minimum Gasteiger partial charge on any atom is -0.305 e. The van der Waals surface area contributed by atoms with Crippen molar-refractivity contribution in [2.45, 2.75) is 4.90 Å². The lowest BCUT2D eigenvalue weighted by Crippen LogP contribution is -2.13. The number of nitrogens with zero attached hydrogens (tertiary/aromatic N) is 3. The van der Waals surface area contributed by atoms with Crippen LogP contribution >= 0.6 is 12.6 Å². The molecular formula is C14H12N4OS. The molecule has 3 rings (SSSR count). The molecule has 2 heterocycles. The van der Waals surface area contributed by atoms with Gasteiger partial charge in [0.2, 0.25) is 0 Å². The van der Waals surface area contributed by atoms with Crippen LogP contribution in [0.2, 0.25) is 0 Å². The van der Waals surface area contributed by atoms with Gasteiger partial charge in [0.05, 0.1) is 11.1 Å². The van der Waals surface area contributed by atoms with E-state index in [1.807, 2.05) is 18.2 Å². The van der Waals surface area contributed by atoms with Crippen molar-refractivity contribution in [1.82, 2.24) is 14.8 Å². The van der Waals surface area contributed by atoms with Gasteiger partial charge in [-0.25, -0.2) is 0 Å². The Hall–Kier alpha value is -2.34. The number of carbonyl (C=O) groups excluding carboxylic acids is 1. The number of aryl methyl sites for hydroxylation is 1. The molecule has 0 unspecified atom stereocenters. The van der Waals surface area contributed by atoms with Gasteiger partial charge in [-0.2, -0.15) is 5.10 Å². The fourth-order valence-electron chi connectivity index (χ4n) is 1.98. The monoisotopic (exact) mass is 284 g/mol. The molecule has 5 nitrogen and oxygen atoms in total. The van der Waals surface area contributed by atoms with E-state index >= 15 is 0 Å². The molecule has 0 aliphatic rings. The number of nitrogens with one attached hydrogen (secondary N) is 1. The van der Waals surface area contributed by atoms with Gasteiger partial charge >= 0.3 is 0 Å². The highest BCUT2D eigenvalue weighted by atomic mass is 32.1. The second-order valence-corrected chi connectivity index (χ2v) is 4.81. The number of amides is 1. The van der Waals surface area contributed by atoms with Crippen LogP contribution in [0, 0.1) is 0 Å². The number of fused-ring (bicyclic) bond motifs is 1. The highest BCUT2D eigenvalue weighted by Gasteiger charge is 2.13. The third-order valence-corrected chi connectivity index (χ3v) is 3.40. The summed E-state index contributed by atoms with van der Waals surface area (Å²) in [6.45, 7) is 0. The zero-order valence-electron chi connectivity index (χ0n) is 10.7. The van der Waals surface area contributed by atoms with E-state index in [0.717, 1.165) is 5.39 Å². The smallest absolute Gasteiger partial charge is 0.258 e. The lowest BCUT2D eigenvalue weighted by molar-refractivity contribution is 0.102. The molecule has 0 saturated carbocycles. The molecule has 1 amide bonds. The van der Waals surface area contributed by atoms with Gasteiger partial charge in [-0.1, -0.05) is 12.1 Å². The van der Waals surface area contributed by atoms with Crippen molar-refractivity contribution in [2.24, 2.45) is 7.05 Å². The van der Waals surface area contributed by atoms with Gasteiger partial charge in [-0.05, 0) is 12.1 Å². The summed E-state index contributed by atoms with van der Waals surface area (Å²) < 4.78 is 1.62. The van der Waals surface area contributed by atoms with Gasteiger partial charge in [0.25, 0.3) is 5.91 Å². The number of hydrogen-bond donors (Lipinski definition) is 2. The largest absolute Gasteiger partial charge is 0.305 e. The fourth-order valence-corrected chi connectivity index (χ4v) is 2.34. The lowest BCUT2D eigenvalue weighted by Gasteiger charge is -2.07. The molecule has 3 aromatic rings. The van der Waals surface area contributed by atoms with E-state index in [9.17, 15) is 4.79 Å². The molecule has 6 heteroatoms. The van der Waals surface area contributed by atoms with Crippen LogP contribution in [0.1, 0.15) is 10.4 Å². The van der Waals surface area contributed by atoms with Crippen LogP contribution in [0.4, 0.5) is 5.82 Å². The van der Waals surface area contributed by atoms with Crippen LogP contribution in [-0.4, -0.2) is 20.7 Å². The molecule has 0 spiro atoms. The molecule has 1 aromatic carbocycles. The molecule has 0 bridgehead atoms. The Morgan fingerprint density at radius 2 is 2.15 bits per heavy atom. The van der Waals surface area contributed by atoms with Crippen LogP contribution in [0.25, 0.3) is 10.9 Å². The summed E-state index contributed by atoms with van der Waals surface area (Å²) in [5.74, 6) is 0.257. The van der Waals surface area contributed by atoms with E-state index in [4.69, 9.17) is 0 Å². The first-order chi connectivity index (χ1) is 9.65. The van der Waals surface area contributed by atoms with E-state index < -0.39 is 0 Å². The maximum absolute atomic E-state index is 12.3. The molecule has 20 heavy (non-hydrogen) atoms. The number of pyridine rings is 1. The molecule has 0 atom stereocenters. The van der Waals surface area contributed by atoms with Crippen molar-refractivity contribution < 1.29 is 4.79 Å². The molecule has 0 aliphatic carbocycles. The molecule has 100 valence electrons. The average Bonchev–Trinajstić information content (AvgIpc) is 2.84. The highest BCUT2D eigenvalue weighted by Crippen LogP contribution is 2.24. The maximum atomic E-state index is 12.3. The van der Waals surface area contributed by atoms with Gasteiger partial charge in [-0.3, -0.25) is 14.5 Å². The second-order valence-electron chi connectivity index (χ2n) is 4.37. The van der Waals surface area contributed by atoms with E-state index in [1.54, 1.807) is 36.3 Å². The van der Waals surface area contributed by atoms with Crippen molar-refractivity contribution >= 4 is 35.3 Å². The van der Waals surface area contributed by atoms with E-state index in [0.29, 0.717) is 21.8 Å². The second kappa shape index (κ2) is 4.97. The van der Waals surface area contributed by atoms with Gasteiger partial charge in [-0.15, -0.1) is 12.6 Å². The normalized spacial score (nSPS) is 10.7. The van der Waals surface area contributed by atoms with Gasteiger partial charge < -0.3 is 5.32 Å². The molecular weight excluding hydrogens is 272 g/mol. The molecule has 0 saturated heterocycles. The van der Waals surface area contributed by atoms with E-state index in [1.165, 1.54) is 0 Å². The first-order valence-electron chi connectivity index (χ1n) is 6.03. The Kier molecular flexibility index (Phi) is 3.15. The summed E-state index contributed by atoms with van der Waals surface area (Å²) in [6.07, 6.45) is 3.45. The third-order valence-electron chi connectivity index (χ3n) is 2.95. The number of aromatic nitrogens is 3. The SMILES string of the molecule is Cn1ccc(NC(=O)c2ccc3cccnc3c2S)n1. The summed E-state index contributed by atoms with van der Waals surface area (Å²) in [4.78, 5) is 17.1. The van der Waals surface area contributed by atoms with Crippen LogP contribution < -0.4 is 5.32 Å². The minimum atomic E-state index is -0.249. The number of rotatable bonds is 2. The summed E-state index contributed by atoms with van der Waals surface area (Å²) in [6, 6.07) is 9.11. The van der Waals surface area contributed by atoms with Gasteiger partial charge in [0.1, 0.15) is 0 Å². The summed E-state index contributed by atoms with van der Waals surface area (Å²) in [5, 5.41) is 7.80. The molecule has 0 radical (unpaired) electrons. The third kappa shape index (κ3) is 2.25. The Balaban J connectivity index is 1.97. The Morgan fingerprint density at radius 1 is 1.30 bits per heavy atom. The molecule has 2 aromatic heterocycles. The molecule has 0 fully saturated rings. The average molecular weight is 284 g/mol.